The van der Waals surface area contributed by atoms with Crippen molar-refractivity contribution >= 4 is 17.5 Å². The molecule has 0 atom stereocenters. The van der Waals surface area contributed by atoms with E-state index in [2.05, 4.69) is 39.6 Å². The summed E-state index contributed by atoms with van der Waals surface area (Å²) >= 11 is 0. The summed E-state index contributed by atoms with van der Waals surface area (Å²) in [4.78, 5) is 11.2. The highest BCUT2D eigenvalue weighted by molar-refractivity contribution is 5.56. The van der Waals surface area contributed by atoms with Gasteiger partial charge in [-0.25, -0.2) is 4.98 Å². The zero-order chi connectivity index (χ0) is 19.8. The Morgan fingerprint density at radius 2 is 1.64 bits per heavy atom. The molecular weight excluding hydrogens is 350 g/mol. The molecule has 0 radical (unpaired) electrons. The fourth-order valence-corrected chi connectivity index (χ4v) is 2.69. The van der Waals surface area contributed by atoms with E-state index in [1.165, 1.54) is 0 Å². The monoisotopic (exact) mass is 377 g/mol. The van der Waals surface area contributed by atoms with Crippen LogP contribution in [-0.2, 0) is 0 Å². The number of rotatable bonds is 9. The summed E-state index contributed by atoms with van der Waals surface area (Å²) in [6.45, 7) is 3.88. The molecule has 1 heterocycles. The number of benzene rings is 2. The fourth-order valence-electron chi connectivity index (χ4n) is 2.69. The van der Waals surface area contributed by atoms with Crippen molar-refractivity contribution in [1.29, 1.82) is 0 Å². The van der Waals surface area contributed by atoms with Crippen molar-refractivity contribution in [2.75, 3.05) is 37.8 Å². The van der Waals surface area contributed by atoms with Crippen LogP contribution in [0.4, 0.5) is 17.5 Å². The average molecular weight is 377 g/mol. The molecular formula is C22H27N5O. The van der Waals surface area contributed by atoms with E-state index in [1.807, 2.05) is 67.6 Å². The summed E-state index contributed by atoms with van der Waals surface area (Å²) in [6.07, 6.45) is 1.06. The summed E-state index contributed by atoms with van der Waals surface area (Å²) in [6, 6.07) is 19.4. The van der Waals surface area contributed by atoms with E-state index in [9.17, 15) is 0 Å². The lowest BCUT2D eigenvalue weighted by atomic mass is 10.3. The lowest BCUT2D eigenvalue weighted by molar-refractivity contribution is 0.405. The highest BCUT2D eigenvalue weighted by Gasteiger charge is 2.04. The molecule has 6 heteroatoms. The molecule has 0 aliphatic heterocycles. The van der Waals surface area contributed by atoms with Gasteiger partial charge in [-0.15, -0.1) is 0 Å². The van der Waals surface area contributed by atoms with Crippen LogP contribution in [0, 0.1) is 6.92 Å². The van der Waals surface area contributed by atoms with Gasteiger partial charge in [-0.2, -0.15) is 4.98 Å². The Morgan fingerprint density at radius 1 is 0.929 bits per heavy atom. The number of anilines is 3. The summed E-state index contributed by atoms with van der Waals surface area (Å²) < 4.78 is 5.82. The lowest BCUT2D eigenvalue weighted by Crippen LogP contribution is -2.16. The Morgan fingerprint density at radius 3 is 2.36 bits per heavy atom. The van der Waals surface area contributed by atoms with Gasteiger partial charge in [-0.3, -0.25) is 0 Å². The minimum absolute atomic E-state index is 0.576. The normalized spacial score (nSPS) is 10.7. The molecule has 3 aromatic rings. The first kappa shape index (κ1) is 19.6. The van der Waals surface area contributed by atoms with Gasteiger partial charge in [0, 0.05) is 24.0 Å². The second-order valence-corrected chi connectivity index (χ2v) is 6.87. The maximum atomic E-state index is 5.82. The predicted octanol–water partition coefficient (Wildman–Crippen LogP) is 4.68. The Bertz CT molecular complexity index is 866. The van der Waals surface area contributed by atoms with Gasteiger partial charge in [0.05, 0.1) is 0 Å². The minimum atomic E-state index is 0.576. The number of nitrogens with zero attached hydrogens (tertiary/aromatic N) is 3. The molecule has 0 saturated heterocycles. The Hall–Kier alpha value is -3.12. The van der Waals surface area contributed by atoms with Crippen LogP contribution in [0.25, 0.3) is 0 Å². The molecule has 0 spiro atoms. The van der Waals surface area contributed by atoms with Crippen LogP contribution in [0.15, 0.2) is 60.7 Å². The molecule has 146 valence electrons. The Balaban J connectivity index is 1.59. The van der Waals surface area contributed by atoms with Crippen molar-refractivity contribution in [3.63, 3.8) is 0 Å². The molecule has 0 amide bonds. The largest absolute Gasteiger partial charge is 0.457 e. The van der Waals surface area contributed by atoms with E-state index < -0.39 is 0 Å². The number of hydrogen-bond acceptors (Lipinski definition) is 6. The maximum absolute atomic E-state index is 5.82. The number of nitrogens with one attached hydrogen (secondary N) is 2. The molecule has 0 bridgehead atoms. The third-order valence-electron chi connectivity index (χ3n) is 4.03. The molecule has 0 fully saturated rings. The molecule has 0 aliphatic carbocycles. The number of para-hydroxylation sites is 1. The summed E-state index contributed by atoms with van der Waals surface area (Å²) in [5, 5.41) is 6.62. The molecule has 2 aromatic carbocycles. The van der Waals surface area contributed by atoms with Gasteiger partial charge in [0.15, 0.2) is 0 Å². The van der Waals surface area contributed by atoms with Gasteiger partial charge in [0.25, 0.3) is 0 Å². The quantitative estimate of drug-likeness (QED) is 0.528. The van der Waals surface area contributed by atoms with Crippen molar-refractivity contribution in [3.05, 3.63) is 66.4 Å². The first-order valence-electron chi connectivity index (χ1n) is 9.43. The zero-order valence-corrected chi connectivity index (χ0v) is 16.6. The van der Waals surface area contributed by atoms with Gasteiger partial charge < -0.3 is 20.3 Å². The van der Waals surface area contributed by atoms with E-state index in [1.54, 1.807) is 0 Å². The molecule has 2 N–H and O–H groups in total. The molecule has 0 aliphatic rings. The van der Waals surface area contributed by atoms with Crippen molar-refractivity contribution in [2.24, 2.45) is 0 Å². The number of hydrogen-bond donors (Lipinski definition) is 2. The maximum Gasteiger partial charge on any atom is 0.229 e. The average Bonchev–Trinajstić information content (AvgIpc) is 2.67. The van der Waals surface area contributed by atoms with E-state index in [0.717, 1.165) is 48.2 Å². The van der Waals surface area contributed by atoms with E-state index >= 15 is 0 Å². The third kappa shape index (κ3) is 6.25. The number of ether oxygens (including phenoxy) is 1. The predicted molar refractivity (Wildman–Crippen MR) is 115 cm³/mol. The van der Waals surface area contributed by atoms with Crippen LogP contribution in [0.5, 0.6) is 11.5 Å². The van der Waals surface area contributed by atoms with Gasteiger partial charge in [-0.1, -0.05) is 18.2 Å². The number of aromatic nitrogens is 2. The van der Waals surface area contributed by atoms with Crippen LogP contribution in [0.1, 0.15) is 12.1 Å². The second-order valence-electron chi connectivity index (χ2n) is 6.87. The highest BCUT2D eigenvalue weighted by Crippen LogP contribution is 2.24. The number of aryl methyl sites for hydroxylation is 1. The van der Waals surface area contributed by atoms with Crippen LogP contribution in [-0.4, -0.2) is 42.1 Å². The molecule has 3 rings (SSSR count). The first-order valence-corrected chi connectivity index (χ1v) is 9.43. The van der Waals surface area contributed by atoms with Gasteiger partial charge in [0.2, 0.25) is 5.95 Å². The van der Waals surface area contributed by atoms with E-state index in [-0.39, 0.29) is 0 Å². The van der Waals surface area contributed by atoms with Crippen LogP contribution in [0.2, 0.25) is 0 Å². The SMILES string of the molecule is Cc1cc(NCCCN(C)C)nc(Nc2ccc(Oc3ccccc3)cc2)n1. The van der Waals surface area contributed by atoms with Crippen molar-refractivity contribution in [1.82, 2.24) is 14.9 Å². The summed E-state index contributed by atoms with van der Waals surface area (Å²) in [5.41, 5.74) is 1.82. The highest BCUT2D eigenvalue weighted by atomic mass is 16.5. The lowest BCUT2D eigenvalue weighted by Gasteiger charge is -2.12. The van der Waals surface area contributed by atoms with Crippen molar-refractivity contribution in [2.45, 2.75) is 13.3 Å². The third-order valence-corrected chi connectivity index (χ3v) is 4.03. The standard InChI is InChI=1S/C22H27N5O/c1-17-16-21(23-14-7-15-27(2)3)26-22(24-17)25-18-10-12-20(13-11-18)28-19-8-5-4-6-9-19/h4-6,8-13,16H,7,14-15H2,1-3H3,(H2,23,24,25,26). The zero-order valence-electron chi connectivity index (χ0n) is 16.6. The molecule has 0 unspecified atom stereocenters. The summed E-state index contributed by atoms with van der Waals surface area (Å²) in [7, 11) is 4.15. The van der Waals surface area contributed by atoms with Crippen molar-refractivity contribution in [3.8, 4) is 11.5 Å². The molecule has 28 heavy (non-hydrogen) atoms. The van der Waals surface area contributed by atoms with Crippen LogP contribution < -0.4 is 15.4 Å². The molecule has 6 nitrogen and oxygen atoms in total. The first-order chi connectivity index (χ1) is 13.6. The smallest absolute Gasteiger partial charge is 0.229 e. The fraction of sp³-hybridized carbons (Fsp3) is 0.273. The van der Waals surface area contributed by atoms with Gasteiger partial charge in [0.1, 0.15) is 17.3 Å². The van der Waals surface area contributed by atoms with Crippen molar-refractivity contribution < 1.29 is 4.74 Å². The Kier molecular flexibility index (Phi) is 6.81. The van der Waals surface area contributed by atoms with E-state index in [0.29, 0.717) is 5.95 Å². The van der Waals surface area contributed by atoms with Crippen LogP contribution >= 0.6 is 0 Å². The minimum Gasteiger partial charge on any atom is -0.457 e. The molecule has 1 aromatic heterocycles. The summed E-state index contributed by atoms with van der Waals surface area (Å²) in [5.74, 6) is 3.00. The molecule has 0 saturated carbocycles. The van der Waals surface area contributed by atoms with E-state index in [4.69, 9.17) is 4.74 Å². The Labute approximate surface area is 166 Å². The second kappa shape index (κ2) is 9.71. The van der Waals surface area contributed by atoms with Gasteiger partial charge in [-0.05, 0) is 70.4 Å². The topological polar surface area (TPSA) is 62.3 Å². The van der Waals surface area contributed by atoms with Gasteiger partial charge >= 0.3 is 0 Å². The van der Waals surface area contributed by atoms with Crippen LogP contribution in [0.3, 0.4) is 0 Å².